The van der Waals surface area contributed by atoms with Crippen LogP contribution in [0.15, 0.2) is 18.2 Å². The average Bonchev–Trinajstić information content (AvgIpc) is 2.65. The van der Waals surface area contributed by atoms with Crippen LogP contribution in [-0.2, 0) is 9.31 Å². The molecule has 1 aromatic carbocycles. The molecule has 1 fully saturated rings. The van der Waals surface area contributed by atoms with Crippen LogP contribution in [0.4, 0.5) is 4.39 Å². The van der Waals surface area contributed by atoms with Gasteiger partial charge in [0, 0.05) is 18.7 Å². The largest absolute Gasteiger partial charge is 0.495 e. The lowest BCUT2D eigenvalue weighted by atomic mass is 9.75. The summed E-state index contributed by atoms with van der Waals surface area (Å²) in [5.74, 6) is -0.699. The van der Waals surface area contributed by atoms with E-state index in [4.69, 9.17) is 9.31 Å². The number of hydrogen-bond donors (Lipinski definition) is 0. The predicted molar refractivity (Wildman–Crippen MR) is 89.3 cm³/mol. The molecule has 0 saturated carbocycles. The molecule has 1 saturated heterocycles. The summed E-state index contributed by atoms with van der Waals surface area (Å²) in [6.07, 6.45) is 0. The molecule has 0 unspecified atom stereocenters. The number of nitrogens with zero attached hydrogens (tertiary/aromatic N) is 1. The Balaban J connectivity index is 2.43. The molecule has 0 atom stereocenters. The van der Waals surface area contributed by atoms with Crippen molar-refractivity contribution in [2.24, 2.45) is 0 Å². The van der Waals surface area contributed by atoms with Crippen LogP contribution < -0.4 is 5.46 Å². The molecule has 23 heavy (non-hydrogen) atoms. The lowest BCUT2D eigenvalue weighted by Crippen LogP contribution is -2.42. The molecule has 4 nitrogen and oxygen atoms in total. The molecule has 1 aromatic rings. The number of hydrogen-bond acceptors (Lipinski definition) is 3. The van der Waals surface area contributed by atoms with Crippen molar-refractivity contribution in [3.05, 3.63) is 29.6 Å². The fourth-order valence-corrected chi connectivity index (χ4v) is 2.31. The van der Waals surface area contributed by atoms with Crippen LogP contribution in [0.5, 0.6) is 0 Å². The molecule has 1 heterocycles. The standard InChI is InChI=1S/C17H25BFNO3/c1-11(2)20(7)15(21)13-10-12(19)8-9-14(13)18-22-16(3,4)17(5,6)23-18/h8-11H,1-7H3. The Kier molecular flexibility index (Phi) is 4.61. The van der Waals surface area contributed by atoms with Crippen molar-refractivity contribution < 1.29 is 18.5 Å². The topological polar surface area (TPSA) is 38.8 Å². The monoisotopic (exact) mass is 321 g/mol. The molecule has 1 aliphatic rings. The molecule has 6 heteroatoms. The van der Waals surface area contributed by atoms with Gasteiger partial charge in [-0.3, -0.25) is 4.79 Å². The van der Waals surface area contributed by atoms with E-state index in [1.807, 2.05) is 41.5 Å². The second-order valence-corrected chi connectivity index (χ2v) is 7.33. The van der Waals surface area contributed by atoms with Crippen LogP contribution in [0.25, 0.3) is 0 Å². The maximum Gasteiger partial charge on any atom is 0.495 e. The Morgan fingerprint density at radius 2 is 1.70 bits per heavy atom. The fraction of sp³-hybridized carbons (Fsp3) is 0.588. The van der Waals surface area contributed by atoms with E-state index < -0.39 is 24.1 Å². The van der Waals surface area contributed by atoms with Gasteiger partial charge in [0.15, 0.2) is 0 Å². The second kappa shape index (κ2) is 5.91. The van der Waals surface area contributed by atoms with E-state index in [1.165, 1.54) is 12.1 Å². The molecular formula is C17H25BFNO3. The van der Waals surface area contributed by atoms with Crippen molar-refractivity contribution in [2.45, 2.75) is 58.8 Å². The van der Waals surface area contributed by atoms with Crippen LogP contribution in [0, 0.1) is 5.82 Å². The fourth-order valence-electron chi connectivity index (χ4n) is 2.31. The smallest absolute Gasteiger partial charge is 0.399 e. The number of benzene rings is 1. The van der Waals surface area contributed by atoms with Gasteiger partial charge in [-0.1, -0.05) is 6.07 Å². The van der Waals surface area contributed by atoms with E-state index >= 15 is 0 Å². The van der Waals surface area contributed by atoms with Gasteiger partial charge in [0.1, 0.15) is 5.82 Å². The highest BCUT2D eigenvalue weighted by Gasteiger charge is 2.52. The van der Waals surface area contributed by atoms with Crippen molar-refractivity contribution in [2.75, 3.05) is 7.05 Å². The predicted octanol–water partition coefficient (Wildman–Crippen LogP) is 2.61. The van der Waals surface area contributed by atoms with Gasteiger partial charge >= 0.3 is 7.12 Å². The van der Waals surface area contributed by atoms with E-state index in [9.17, 15) is 9.18 Å². The maximum atomic E-state index is 13.7. The summed E-state index contributed by atoms with van der Waals surface area (Å²) in [6.45, 7) is 11.6. The average molecular weight is 321 g/mol. The molecule has 1 amide bonds. The van der Waals surface area contributed by atoms with E-state index in [0.717, 1.165) is 0 Å². The third-order valence-electron chi connectivity index (χ3n) is 4.85. The Bertz CT molecular complexity index is 600. The minimum atomic E-state index is -0.694. The first kappa shape index (κ1) is 18.0. The summed E-state index contributed by atoms with van der Waals surface area (Å²) in [4.78, 5) is 14.3. The number of carbonyl (C=O) groups is 1. The van der Waals surface area contributed by atoms with Crippen LogP contribution in [0.1, 0.15) is 51.9 Å². The van der Waals surface area contributed by atoms with Gasteiger partial charge in [-0.2, -0.15) is 0 Å². The third-order valence-corrected chi connectivity index (χ3v) is 4.85. The van der Waals surface area contributed by atoms with Gasteiger partial charge in [0.2, 0.25) is 0 Å². The van der Waals surface area contributed by atoms with Crippen molar-refractivity contribution in [3.63, 3.8) is 0 Å². The Morgan fingerprint density at radius 3 is 2.17 bits per heavy atom. The minimum Gasteiger partial charge on any atom is -0.399 e. The maximum absolute atomic E-state index is 13.7. The summed E-state index contributed by atoms with van der Waals surface area (Å²) in [6, 6.07) is 4.16. The van der Waals surface area contributed by atoms with Crippen LogP contribution >= 0.6 is 0 Å². The number of carbonyl (C=O) groups excluding carboxylic acids is 1. The van der Waals surface area contributed by atoms with E-state index in [1.54, 1.807) is 18.0 Å². The van der Waals surface area contributed by atoms with E-state index in [0.29, 0.717) is 5.46 Å². The first-order valence-corrected chi connectivity index (χ1v) is 7.88. The lowest BCUT2D eigenvalue weighted by Gasteiger charge is -2.32. The van der Waals surface area contributed by atoms with Crippen molar-refractivity contribution in [1.82, 2.24) is 4.90 Å². The lowest BCUT2D eigenvalue weighted by molar-refractivity contribution is 0.00578. The molecule has 0 bridgehead atoms. The zero-order chi connectivity index (χ0) is 17.6. The van der Waals surface area contributed by atoms with Gasteiger partial charge in [0.05, 0.1) is 11.2 Å². The van der Waals surface area contributed by atoms with E-state index in [-0.39, 0.29) is 17.5 Å². The number of rotatable bonds is 3. The Labute approximate surface area is 138 Å². The van der Waals surface area contributed by atoms with Crippen LogP contribution in [0.3, 0.4) is 0 Å². The molecular weight excluding hydrogens is 296 g/mol. The molecule has 0 spiro atoms. The molecule has 0 aromatic heterocycles. The molecule has 1 aliphatic heterocycles. The van der Waals surface area contributed by atoms with Gasteiger partial charge in [-0.25, -0.2) is 4.39 Å². The van der Waals surface area contributed by atoms with E-state index in [2.05, 4.69) is 0 Å². The molecule has 0 aliphatic carbocycles. The van der Waals surface area contributed by atoms with Gasteiger partial charge in [0.25, 0.3) is 5.91 Å². The highest BCUT2D eigenvalue weighted by molar-refractivity contribution is 6.63. The zero-order valence-corrected chi connectivity index (χ0v) is 14.9. The normalized spacial score (nSPS) is 19.3. The molecule has 126 valence electrons. The summed E-state index contributed by atoms with van der Waals surface area (Å²) < 4.78 is 25.7. The highest BCUT2D eigenvalue weighted by atomic mass is 19.1. The number of halogens is 1. The third kappa shape index (κ3) is 3.28. The SMILES string of the molecule is CC(C)N(C)C(=O)c1cc(F)ccc1B1OC(C)(C)C(C)(C)O1. The first-order chi connectivity index (χ1) is 10.5. The van der Waals surface area contributed by atoms with Gasteiger partial charge < -0.3 is 14.2 Å². The highest BCUT2D eigenvalue weighted by Crippen LogP contribution is 2.36. The minimum absolute atomic E-state index is 0.0110. The second-order valence-electron chi connectivity index (χ2n) is 7.33. The molecule has 0 radical (unpaired) electrons. The first-order valence-electron chi connectivity index (χ1n) is 7.88. The quantitative estimate of drug-likeness (QED) is 0.803. The van der Waals surface area contributed by atoms with Gasteiger partial charge in [-0.15, -0.1) is 0 Å². The Morgan fingerprint density at radius 1 is 1.17 bits per heavy atom. The van der Waals surface area contributed by atoms with Crippen LogP contribution in [-0.4, -0.2) is 42.2 Å². The van der Waals surface area contributed by atoms with Gasteiger partial charge in [-0.05, 0) is 59.1 Å². The molecule has 0 N–H and O–H groups in total. The summed E-state index contributed by atoms with van der Waals surface area (Å²) in [5.41, 5.74) is -0.200. The Hall–Kier alpha value is -1.40. The summed E-state index contributed by atoms with van der Waals surface area (Å²) in [5, 5.41) is 0. The van der Waals surface area contributed by atoms with Crippen molar-refractivity contribution >= 4 is 18.5 Å². The number of amides is 1. The van der Waals surface area contributed by atoms with Crippen LogP contribution in [0.2, 0.25) is 0 Å². The molecule has 2 rings (SSSR count). The summed E-state index contributed by atoms with van der Waals surface area (Å²) in [7, 11) is 1.01. The van der Waals surface area contributed by atoms with Crippen molar-refractivity contribution in [3.8, 4) is 0 Å². The zero-order valence-electron chi connectivity index (χ0n) is 14.9. The summed E-state index contributed by atoms with van der Waals surface area (Å²) >= 11 is 0. The van der Waals surface area contributed by atoms with Crippen molar-refractivity contribution in [1.29, 1.82) is 0 Å².